The molecule has 1 unspecified atom stereocenters. The van der Waals surface area contributed by atoms with Gasteiger partial charge in [-0.25, -0.2) is 13.2 Å². The van der Waals surface area contributed by atoms with E-state index in [2.05, 4.69) is 20.9 Å². The van der Waals surface area contributed by atoms with E-state index < -0.39 is 11.6 Å². The maximum atomic E-state index is 14.0. The van der Waals surface area contributed by atoms with Crippen molar-refractivity contribution in [2.75, 3.05) is 38.1 Å². The summed E-state index contributed by atoms with van der Waals surface area (Å²) in [5.41, 5.74) is 1.00. The van der Waals surface area contributed by atoms with Crippen LogP contribution in [0.25, 0.3) is 0 Å². The number of rotatable bonds is 7. The van der Waals surface area contributed by atoms with Gasteiger partial charge in [-0.1, -0.05) is 12.1 Å². The van der Waals surface area contributed by atoms with Crippen molar-refractivity contribution in [2.45, 2.75) is 18.9 Å². The molecule has 1 amide bonds. The average molecular weight is 433 g/mol. The summed E-state index contributed by atoms with van der Waals surface area (Å²) in [5, 5.41) is 9.17. The Morgan fingerprint density at radius 3 is 2.61 bits per heavy atom. The molecule has 1 fully saturated rings. The van der Waals surface area contributed by atoms with E-state index in [4.69, 9.17) is 0 Å². The fraction of sp³-hybridized carbons (Fsp3) is 0.364. The Labute approximate surface area is 179 Å². The quantitative estimate of drug-likeness (QED) is 0.356. The molecule has 0 saturated carbocycles. The van der Waals surface area contributed by atoms with Gasteiger partial charge in [0, 0.05) is 45.3 Å². The minimum atomic E-state index is -0.595. The van der Waals surface area contributed by atoms with E-state index in [0.717, 1.165) is 12.5 Å². The number of nitrogens with zero attached hydrogens (tertiary/aromatic N) is 2. The summed E-state index contributed by atoms with van der Waals surface area (Å²) in [6, 6.07) is 9.60. The van der Waals surface area contributed by atoms with Gasteiger partial charge in [0.2, 0.25) is 5.91 Å². The lowest BCUT2D eigenvalue weighted by atomic mass is 10.1. The number of carbonyl (C=O) groups excluding carboxylic acids is 1. The Kier molecular flexibility index (Phi) is 7.75. The second kappa shape index (κ2) is 10.7. The van der Waals surface area contributed by atoms with Gasteiger partial charge in [-0.2, -0.15) is 0 Å². The van der Waals surface area contributed by atoms with Crippen LogP contribution in [0, 0.1) is 17.5 Å². The summed E-state index contributed by atoms with van der Waals surface area (Å²) < 4.78 is 40.3. The van der Waals surface area contributed by atoms with E-state index in [-0.39, 0.29) is 24.2 Å². The van der Waals surface area contributed by atoms with E-state index in [0.29, 0.717) is 43.4 Å². The Bertz CT molecular complexity index is 937. The number of carbonyl (C=O) groups is 1. The second-order valence-corrected chi connectivity index (χ2v) is 7.33. The molecule has 3 rings (SSSR count). The number of aliphatic imine (C=N–C) groups is 1. The summed E-state index contributed by atoms with van der Waals surface area (Å²) in [4.78, 5) is 18.0. The molecule has 1 aliphatic rings. The van der Waals surface area contributed by atoms with Gasteiger partial charge < -0.3 is 20.9 Å². The molecular weight excluding hydrogens is 407 g/mol. The van der Waals surface area contributed by atoms with Gasteiger partial charge in [0.15, 0.2) is 5.96 Å². The predicted molar refractivity (Wildman–Crippen MR) is 115 cm³/mol. The van der Waals surface area contributed by atoms with Crippen LogP contribution >= 0.6 is 0 Å². The molecule has 0 aliphatic carbocycles. The fourth-order valence-corrected chi connectivity index (χ4v) is 3.50. The van der Waals surface area contributed by atoms with E-state index in [1.807, 2.05) is 4.90 Å². The molecule has 0 aromatic heterocycles. The fourth-order valence-electron chi connectivity index (χ4n) is 3.50. The number of anilines is 1. The minimum Gasteiger partial charge on any atom is -0.367 e. The molecule has 9 heteroatoms. The summed E-state index contributed by atoms with van der Waals surface area (Å²) >= 11 is 0. The van der Waals surface area contributed by atoms with Crippen LogP contribution in [-0.4, -0.2) is 51.1 Å². The Balaban J connectivity index is 1.38. The largest absolute Gasteiger partial charge is 0.367 e. The highest BCUT2D eigenvalue weighted by atomic mass is 19.1. The molecule has 166 valence electrons. The van der Waals surface area contributed by atoms with Crippen LogP contribution in [0.4, 0.5) is 18.9 Å². The van der Waals surface area contributed by atoms with Crippen LogP contribution in [0.5, 0.6) is 0 Å². The maximum Gasteiger partial charge on any atom is 0.224 e. The second-order valence-electron chi connectivity index (χ2n) is 7.33. The van der Waals surface area contributed by atoms with Crippen molar-refractivity contribution in [3.05, 3.63) is 65.5 Å². The molecule has 3 N–H and O–H groups in total. The SMILES string of the molecule is CN=C(NCCNC(=O)Cc1cccc(F)c1)NC1CCN(c2ccc(F)cc2F)C1. The summed E-state index contributed by atoms with van der Waals surface area (Å²) in [5.74, 6) is -1.15. The van der Waals surface area contributed by atoms with Gasteiger partial charge >= 0.3 is 0 Å². The average Bonchev–Trinajstić information content (AvgIpc) is 3.18. The van der Waals surface area contributed by atoms with Crippen molar-refractivity contribution in [2.24, 2.45) is 4.99 Å². The molecule has 2 aromatic rings. The predicted octanol–water partition coefficient (Wildman–Crippen LogP) is 2.21. The maximum absolute atomic E-state index is 14.0. The van der Waals surface area contributed by atoms with Gasteiger partial charge in [0.25, 0.3) is 0 Å². The minimum absolute atomic E-state index is 0.0539. The number of hydrogen-bond donors (Lipinski definition) is 3. The third-order valence-electron chi connectivity index (χ3n) is 5.00. The van der Waals surface area contributed by atoms with Gasteiger partial charge in [0.05, 0.1) is 12.1 Å². The standard InChI is InChI=1S/C22H26F3N5O/c1-26-22(28-9-8-27-21(31)12-15-3-2-4-16(23)11-15)29-18-7-10-30(14-18)20-6-5-17(24)13-19(20)25/h2-6,11,13,18H,7-10,12,14H2,1H3,(H,27,31)(H2,26,28,29). The van der Waals surface area contributed by atoms with E-state index in [1.165, 1.54) is 24.3 Å². The molecular formula is C22H26F3N5O. The third kappa shape index (κ3) is 6.63. The van der Waals surface area contributed by atoms with Crippen molar-refractivity contribution in [1.29, 1.82) is 0 Å². The number of benzene rings is 2. The zero-order valence-corrected chi connectivity index (χ0v) is 17.3. The summed E-state index contributed by atoms with van der Waals surface area (Å²) in [7, 11) is 1.64. The van der Waals surface area contributed by atoms with Crippen molar-refractivity contribution in [3.63, 3.8) is 0 Å². The van der Waals surface area contributed by atoms with Crippen LogP contribution in [0.2, 0.25) is 0 Å². The van der Waals surface area contributed by atoms with E-state index >= 15 is 0 Å². The molecule has 1 saturated heterocycles. The highest BCUT2D eigenvalue weighted by Gasteiger charge is 2.25. The number of guanidine groups is 1. The van der Waals surface area contributed by atoms with Crippen LogP contribution in [0.3, 0.4) is 0 Å². The van der Waals surface area contributed by atoms with E-state index in [9.17, 15) is 18.0 Å². The highest BCUT2D eigenvalue weighted by Crippen LogP contribution is 2.24. The molecule has 0 bridgehead atoms. The highest BCUT2D eigenvalue weighted by molar-refractivity contribution is 5.80. The van der Waals surface area contributed by atoms with Crippen LogP contribution in [0.15, 0.2) is 47.5 Å². The van der Waals surface area contributed by atoms with Gasteiger partial charge in [0.1, 0.15) is 17.5 Å². The van der Waals surface area contributed by atoms with Crippen molar-refractivity contribution in [1.82, 2.24) is 16.0 Å². The Morgan fingerprint density at radius 1 is 1.10 bits per heavy atom. The van der Waals surface area contributed by atoms with Crippen LogP contribution in [-0.2, 0) is 11.2 Å². The Hall–Kier alpha value is -3.23. The first-order chi connectivity index (χ1) is 14.9. The molecule has 0 radical (unpaired) electrons. The number of halogens is 3. The normalized spacial score (nSPS) is 16.3. The zero-order chi connectivity index (χ0) is 22.2. The zero-order valence-electron chi connectivity index (χ0n) is 17.3. The van der Waals surface area contributed by atoms with Crippen molar-refractivity contribution >= 4 is 17.6 Å². The molecule has 1 atom stereocenters. The van der Waals surface area contributed by atoms with Crippen LogP contribution < -0.4 is 20.9 Å². The van der Waals surface area contributed by atoms with Crippen molar-refractivity contribution < 1.29 is 18.0 Å². The topological polar surface area (TPSA) is 68.8 Å². The summed E-state index contributed by atoms with van der Waals surface area (Å²) in [6.45, 7) is 2.05. The summed E-state index contributed by atoms with van der Waals surface area (Å²) in [6.07, 6.45) is 0.893. The smallest absolute Gasteiger partial charge is 0.224 e. The lowest BCUT2D eigenvalue weighted by molar-refractivity contribution is -0.120. The molecule has 1 heterocycles. The van der Waals surface area contributed by atoms with Crippen LogP contribution in [0.1, 0.15) is 12.0 Å². The lowest BCUT2D eigenvalue weighted by Gasteiger charge is -2.21. The molecule has 2 aromatic carbocycles. The first-order valence-corrected chi connectivity index (χ1v) is 10.1. The van der Waals surface area contributed by atoms with Crippen molar-refractivity contribution in [3.8, 4) is 0 Å². The first-order valence-electron chi connectivity index (χ1n) is 10.1. The number of amides is 1. The molecule has 6 nitrogen and oxygen atoms in total. The molecule has 1 aliphatic heterocycles. The first kappa shape index (κ1) is 22.5. The van der Waals surface area contributed by atoms with E-state index in [1.54, 1.807) is 19.2 Å². The van der Waals surface area contributed by atoms with Gasteiger partial charge in [-0.05, 0) is 36.2 Å². The Morgan fingerprint density at radius 2 is 1.87 bits per heavy atom. The molecule has 0 spiro atoms. The molecule has 31 heavy (non-hydrogen) atoms. The number of hydrogen-bond acceptors (Lipinski definition) is 3. The lowest BCUT2D eigenvalue weighted by Crippen LogP contribution is -2.46. The monoisotopic (exact) mass is 433 g/mol. The van der Waals surface area contributed by atoms with Gasteiger partial charge in [-0.3, -0.25) is 9.79 Å². The van der Waals surface area contributed by atoms with Gasteiger partial charge in [-0.15, -0.1) is 0 Å². The third-order valence-corrected chi connectivity index (χ3v) is 5.00. The number of nitrogens with one attached hydrogen (secondary N) is 3.